The van der Waals surface area contributed by atoms with E-state index in [0.29, 0.717) is 6.04 Å². The van der Waals surface area contributed by atoms with Gasteiger partial charge in [0.25, 0.3) is 0 Å². The van der Waals surface area contributed by atoms with Crippen LogP contribution in [-0.4, -0.2) is 62.2 Å². The molecule has 0 aliphatic carbocycles. The summed E-state index contributed by atoms with van der Waals surface area (Å²) in [6, 6.07) is 0.694. The van der Waals surface area contributed by atoms with Crippen molar-refractivity contribution in [3.63, 3.8) is 0 Å². The second kappa shape index (κ2) is 7.25. The van der Waals surface area contributed by atoms with Gasteiger partial charge in [-0.15, -0.1) is 0 Å². The van der Waals surface area contributed by atoms with Crippen LogP contribution in [0.3, 0.4) is 0 Å². The second-order valence-corrected chi connectivity index (χ2v) is 5.58. The lowest BCUT2D eigenvalue weighted by atomic mass is 10.1. The Morgan fingerprint density at radius 3 is 2.38 bits per heavy atom. The second-order valence-electron chi connectivity index (χ2n) is 5.58. The van der Waals surface area contributed by atoms with E-state index in [0.717, 1.165) is 19.0 Å². The van der Waals surface area contributed by atoms with E-state index in [4.69, 9.17) is 0 Å². The predicted molar refractivity (Wildman–Crippen MR) is 70.9 cm³/mol. The average molecular weight is 227 g/mol. The maximum Gasteiger partial charge on any atom is 0.0195 e. The molecule has 0 amide bonds. The normalized spacial score (nSPS) is 20.6. The summed E-state index contributed by atoms with van der Waals surface area (Å²) >= 11 is 0. The van der Waals surface area contributed by atoms with Crippen molar-refractivity contribution in [2.75, 3.05) is 46.3 Å². The molecular formula is C13H29N3. The Labute approximate surface area is 101 Å². The lowest BCUT2D eigenvalue weighted by molar-refractivity contribution is 0.144. The van der Waals surface area contributed by atoms with Gasteiger partial charge in [-0.1, -0.05) is 13.8 Å². The van der Waals surface area contributed by atoms with Gasteiger partial charge in [0.05, 0.1) is 0 Å². The van der Waals surface area contributed by atoms with Crippen LogP contribution in [-0.2, 0) is 0 Å². The number of piperazine rings is 1. The predicted octanol–water partition coefficient (Wildman–Crippen LogP) is 1.26. The van der Waals surface area contributed by atoms with Gasteiger partial charge in [0.15, 0.2) is 0 Å². The van der Waals surface area contributed by atoms with Crippen LogP contribution in [0.1, 0.15) is 27.2 Å². The summed E-state index contributed by atoms with van der Waals surface area (Å²) in [6.45, 7) is 14.1. The SMILES string of the molecule is CC(C)CCN(C)CC(C)N1CCNCC1. The minimum atomic E-state index is 0.694. The van der Waals surface area contributed by atoms with Crippen molar-refractivity contribution in [3.8, 4) is 0 Å². The highest BCUT2D eigenvalue weighted by molar-refractivity contribution is 4.75. The van der Waals surface area contributed by atoms with Crippen LogP contribution in [0.15, 0.2) is 0 Å². The Morgan fingerprint density at radius 1 is 1.19 bits per heavy atom. The highest BCUT2D eigenvalue weighted by Gasteiger charge is 2.17. The van der Waals surface area contributed by atoms with Crippen LogP contribution in [0, 0.1) is 5.92 Å². The number of nitrogens with zero attached hydrogens (tertiary/aromatic N) is 2. The van der Waals surface area contributed by atoms with Crippen molar-refractivity contribution in [1.82, 2.24) is 15.1 Å². The maximum atomic E-state index is 3.41. The molecule has 3 nitrogen and oxygen atoms in total. The minimum Gasteiger partial charge on any atom is -0.314 e. The molecule has 1 aliphatic heterocycles. The molecule has 0 bridgehead atoms. The lowest BCUT2D eigenvalue weighted by Gasteiger charge is -2.35. The fraction of sp³-hybridized carbons (Fsp3) is 1.00. The first-order valence-electron chi connectivity index (χ1n) is 6.73. The highest BCUT2D eigenvalue weighted by atomic mass is 15.2. The molecule has 1 heterocycles. The van der Waals surface area contributed by atoms with E-state index in [9.17, 15) is 0 Å². The topological polar surface area (TPSA) is 18.5 Å². The zero-order valence-corrected chi connectivity index (χ0v) is 11.5. The van der Waals surface area contributed by atoms with E-state index >= 15 is 0 Å². The van der Waals surface area contributed by atoms with Gasteiger partial charge < -0.3 is 10.2 Å². The Hall–Kier alpha value is -0.120. The first kappa shape index (κ1) is 13.9. The van der Waals surface area contributed by atoms with E-state index in [1.165, 1.54) is 32.6 Å². The third-order valence-electron chi connectivity index (χ3n) is 3.44. The first-order chi connectivity index (χ1) is 7.59. The fourth-order valence-corrected chi connectivity index (χ4v) is 2.26. The summed E-state index contributed by atoms with van der Waals surface area (Å²) in [6.07, 6.45) is 1.31. The van der Waals surface area contributed by atoms with Crippen LogP contribution in [0.5, 0.6) is 0 Å². The molecule has 0 aromatic carbocycles. The third-order valence-corrected chi connectivity index (χ3v) is 3.44. The van der Waals surface area contributed by atoms with Gasteiger partial charge in [0, 0.05) is 38.8 Å². The third kappa shape index (κ3) is 5.28. The van der Waals surface area contributed by atoms with Gasteiger partial charge in [0.1, 0.15) is 0 Å². The Balaban J connectivity index is 2.18. The quantitative estimate of drug-likeness (QED) is 0.737. The molecule has 96 valence electrons. The zero-order valence-electron chi connectivity index (χ0n) is 11.5. The molecule has 1 N–H and O–H groups in total. The number of nitrogens with one attached hydrogen (secondary N) is 1. The molecule has 16 heavy (non-hydrogen) atoms. The molecule has 0 saturated carbocycles. The van der Waals surface area contributed by atoms with Crippen molar-refractivity contribution >= 4 is 0 Å². The van der Waals surface area contributed by atoms with Gasteiger partial charge >= 0.3 is 0 Å². The van der Waals surface area contributed by atoms with Crippen LogP contribution in [0.2, 0.25) is 0 Å². The van der Waals surface area contributed by atoms with E-state index in [2.05, 4.69) is 42.9 Å². The Morgan fingerprint density at radius 2 is 1.81 bits per heavy atom. The van der Waals surface area contributed by atoms with Crippen molar-refractivity contribution in [1.29, 1.82) is 0 Å². The first-order valence-corrected chi connectivity index (χ1v) is 6.73. The number of rotatable bonds is 6. The molecule has 0 aromatic rings. The summed E-state index contributed by atoms with van der Waals surface area (Å²) in [7, 11) is 2.25. The molecule has 1 aliphatic rings. The summed E-state index contributed by atoms with van der Waals surface area (Å²) in [4.78, 5) is 5.08. The van der Waals surface area contributed by atoms with Crippen molar-refractivity contribution in [2.45, 2.75) is 33.2 Å². The number of likely N-dealkylation sites (N-methyl/N-ethyl adjacent to an activating group) is 1. The van der Waals surface area contributed by atoms with E-state index in [1.54, 1.807) is 0 Å². The van der Waals surface area contributed by atoms with Gasteiger partial charge in [-0.05, 0) is 32.9 Å². The molecule has 3 heteroatoms. The van der Waals surface area contributed by atoms with E-state index < -0.39 is 0 Å². The van der Waals surface area contributed by atoms with Gasteiger partial charge in [-0.3, -0.25) is 4.90 Å². The lowest BCUT2D eigenvalue weighted by Crippen LogP contribution is -2.50. The number of hydrogen-bond acceptors (Lipinski definition) is 3. The molecule has 1 saturated heterocycles. The monoisotopic (exact) mass is 227 g/mol. The minimum absolute atomic E-state index is 0.694. The summed E-state index contributed by atoms with van der Waals surface area (Å²) in [5, 5.41) is 3.41. The van der Waals surface area contributed by atoms with Gasteiger partial charge in [-0.25, -0.2) is 0 Å². The standard InChI is InChI=1S/C13H29N3/c1-12(2)5-8-15(4)11-13(3)16-9-6-14-7-10-16/h12-14H,5-11H2,1-4H3. The summed E-state index contributed by atoms with van der Waals surface area (Å²) < 4.78 is 0. The molecule has 1 rings (SSSR count). The van der Waals surface area contributed by atoms with Crippen molar-refractivity contribution in [3.05, 3.63) is 0 Å². The Kier molecular flexibility index (Phi) is 6.32. The molecule has 0 aromatic heterocycles. The van der Waals surface area contributed by atoms with Crippen LogP contribution < -0.4 is 5.32 Å². The fourth-order valence-electron chi connectivity index (χ4n) is 2.26. The molecule has 0 radical (unpaired) electrons. The molecule has 1 atom stereocenters. The van der Waals surface area contributed by atoms with Crippen molar-refractivity contribution < 1.29 is 0 Å². The van der Waals surface area contributed by atoms with E-state index in [1.807, 2.05) is 0 Å². The zero-order chi connectivity index (χ0) is 12.0. The van der Waals surface area contributed by atoms with Crippen LogP contribution in [0.25, 0.3) is 0 Å². The van der Waals surface area contributed by atoms with Gasteiger partial charge in [-0.2, -0.15) is 0 Å². The summed E-state index contributed by atoms with van der Waals surface area (Å²) in [5.41, 5.74) is 0. The van der Waals surface area contributed by atoms with Gasteiger partial charge in [0.2, 0.25) is 0 Å². The molecule has 1 unspecified atom stereocenters. The van der Waals surface area contributed by atoms with Crippen molar-refractivity contribution in [2.24, 2.45) is 5.92 Å². The number of hydrogen-bond donors (Lipinski definition) is 1. The Bertz CT molecular complexity index is 176. The van der Waals surface area contributed by atoms with Crippen LogP contribution in [0.4, 0.5) is 0 Å². The average Bonchev–Trinajstić information content (AvgIpc) is 2.27. The molecular weight excluding hydrogens is 198 g/mol. The smallest absolute Gasteiger partial charge is 0.0195 e. The molecule has 0 spiro atoms. The maximum absolute atomic E-state index is 3.41. The van der Waals surface area contributed by atoms with E-state index in [-0.39, 0.29) is 0 Å². The largest absolute Gasteiger partial charge is 0.314 e. The molecule has 1 fully saturated rings. The van der Waals surface area contributed by atoms with Crippen LogP contribution >= 0.6 is 0 Å². The summed E-state index contributed by atoms with van der Waals surface area (Å²) in [5.74, 6) is 0.817. The highest BCUT2D eigenvalue weighted by Crippen LogP contribution is 2.05.